The number of phenols is 4. The molecular formula is C12H8O6S. The fourth-order valence-electron chi connectivity index (χ4n) is 2.10. The molecule has 0 atom stereocenters. The summed E-state index contributed by atoms with van der Waals surface area (Å²) in [6.07, 6.45) is 0. The zero-order chi connectivity index (χ0) is 13.9. The number of aromatic hydroxyl groups is 4. The van der Waals surface area contributed by atoms with Gasteiger partial charge in [0.1, 0.15) is 0 Å². The van der Waals surface area contributed by atoms with E-state index in [4.69, 9.17) is 0 Å². The van der Waals surface area contributed by atoms with Gasteiger partial charge in [-0.05, 0) is 12.1 Å². The van der Waals surface area contributed by atoms with Gasteiger partial charge in [-0.2, -0.15) is 0 Å². The van der Waals surface area contributed by atoms with Crippen LogP contribution in [0.2, 0.25) is 0 Å². The highest BCUT2D eigenvalue weighted by molar-refractivity contribution is 7.92. The second kappa shape index (κ2) is 3.33. The Balaban J connectivity index is 2.48. The molecule has 7 heteroatoms. The van der Waals surface area contributed by atoms with Crippen molar-refractivity contribution < 1.29 is 28.8 Å². The first-order chi connectivity index (χ1) is 8.82. The van der Waals surface area contributed by atoms with Crippen molar-refractivity contribution in [2.75, 3.05) is 0 Å². The van der Waals surface area contributed by atoms with Crippen LogP contribution in [0.4, 0.5) is 0 Å². The Morgan fingerprint density at radius 3 is 1.32 bits per heavy atom. The van der Waals surface area contributed by atoms with E-state index in [1.54, 1.807) is 0 Å². The van der Waals surface area contributed by atoms with Gasteiger partial charge in [-0.15, -0.1) is 0 Å². The van der Waals surface area contributed by atoms with E-state index in [-0.39, 0.29) is 20.9 Å². The van der Waals surface area contributed by atoms with Crippen molar-refractivity contribution in [3.63, 3.8) is 0 Å². The van der Waals surface area contributed by atoms with Gasteiger partial charge in [0.2, 0.25) is 9.84 Å². The number of sulfone groups is 1. The zero-order valence-electron chi connectivity index (χ0n) is 9.32. The fraction of sp³-hybridized carbons (Fsp3) is 0. The molecule has 0 saturated carbocycles. The minimum atomic E-state index is -3.89. The molecule has 0 radical (unpaired) electrons. The van der Waals surface area contributed by atoms with Gasteiger partial charge in [0, 0.05) is 23.3 Å². The lowest BCUT2D eigenvalue weighted by Crippen LogP contribution is -1.96. The number of hydrogen-bond donors (Lipinski definition) is 4. The predicted molar refractivity (Wildman–Crippen MR) is 64.0 cm³/mol. The van der Waals surface area contributed by atoms with Crippen molar-refractivity contribution >= 4 is 9.84 Å². The molecule has 1 aliphatic rings. The lowest BCUT2D eigenvalue weighted by molar-refractivity contribution is 0.402. The van der Waals surface area contributed by atoms with Crippen LogP contribution < -0.4 is 0 Å². The van der Waals surface area contributed by atoms with E-state index in [0.29, 0.717) is 0 Å². The highest BCUT2D eigenvalue weighted by Gasteiger charge is 2.35. The van der Waals surface area contributed by atoms with Gasteiger partial charge < -0.3 is 20.4 Å². The number of benzene rings is 2. The monoisotopic (exact) mass is 280 g/mol. The van der Waals surface area contributed by atoms with E-state index in [2.05, 4.69) is 0 Å². The molecule has 0 unspecified atom stereocenters. The molecule has 2 aromatic carbocycles. The summed E-state index contributed by atoms with van der Waals surface area (Å²) in [5.41, 5.74) is 0.334. The lowest BCUT2D eigenvalue weighted by Gasteiger charge is -2.03. The van der Waals surface area contributed by atoms with Gasteiger partial charge in [0.15, 0.2) is 23.0 Å². The first kappa shape index (κ1) is 11.7. The number of rotatable bonds is 0. The third-order valence-electron chi connectivity index (χ3n) is 3.02. The normalized spacial score (nSPS) is 14.9. The molecule has 6 nitrogen and oxygen atoms in total. The second-order valence-corrected chi connectivity index (χ2v) is 6.06. The van der Waals surface area contributed by atoms with Crippen molar-refractivity contribution in [3.05, 3.63) is 24.3 Å². The molecule has 0 fully saturated rings. The maximum atomic E-state index is 12.2. The zero-order valence-corrected chi connectivity index (χ0v) is 10.1. The summed E-state index contributed by atoms with van der Waals surface area (Å²) < 4.78 is 24.4. The van der Waals surface area contributed by atoms with E-state index >= 15 is 0 Å². The highest BCUT2D eigenvalue weighted by Crippen LogP contribution is 2.49. The van der Waals surface area contributed by atoms with Gasteiger partial charge in [-0.3, -0.25) is 0 Å². The number of hydrogen-bond acceptors (Lipinski definition) is 6. The molecule has 19 heavy (non-hydrogen) atoms. The van der Waals surface area contributed by atoms with Crippen molar-refractivity contribution in [3.8, 4) is 34.1 Å². The summed E-state index contributed by atoms with van der Waals surface area (Å²) in [6, 6.07) is 4.08. The topological polar surface area (TPSA) is 115 Å². The number of phenolic OH excluding ortho intramolecular Hbond substituents is 4. The van der Waals surface area contributed by atoms with Crippen molar-refractivity contribution in [2.45, 2.75) is 9.79 Å². The molecule has 98 valence electrons. The van der Waals surface area contributed by atoms with Gasteiger partial charge in [-0.25, -0.2) is 8.42 Å². The van der Waals surface area contributed by atoms with Crippen LogP contribution in [0.3, 0.4) is 0 Å². The van der Waals surface area contributed by atoms with Crippen LogP contribution in [0.5, 0.6) is 23.0 Å². The average Bonchev–Trinajstić information content (AvgIpc) is 2.52. The highest BCUT2D eigenvalue weighted by atomic mass is 32.2. The first-order valence-electron chi connectivity index (χ1n) is 5.20. The SMILES string of the molecule is O=S1(=O)c2cc(O)c(O)cc2-c2cc(O)c(O)cc21. The summed E-state index contributed by atoms with van der Waals surface area (Å²) in [5, 5.41) is 37.7. The Hall–Kier alpha value is -2.41. The van der Waals surface area contributed by atoms with Crippen LogP contribution in [0.1, 0.15) is 0 Å². The smallest absolute Gasteiger partial charge is 0.208 e. The summed E-state index contributed by atoms with van der Waals surface area (Å²) in [6.45, 7) is 0. The molecule has 0 aromatic heterocycles. The Kier molecular flexibility index (Phi) is 2.04. The molecule has 2 aromatic rings. The molecule has 0 amide bonds. The summed E-state index contributed by atoms with van der Waals surface area (Å²) in [4.78, 5) is -0.356. The van der Waals surface area contributed by atoms with Crippen LogP contribution in [0.15, 0.2) is 34.1 Å². The minimum absolute atomic E-state index is 0.167. The molecule has 3 rings (SSSR count). The third-order valence-corrected chi connectivity index (χ3v) is 4.86. The molecular weight excluding hydrogens is 272 g/mol. The van der Waals surface area contributed by atoms with Crippen LogP contribution >= 0.6 is 0 Å². The fourth-order valence-corrected chi connectivity index (χ4v) is 3.79. The Morgan fingerprint density at radius 2 is 0.947 bits per heavy atom. The van der Waals surface area contributed by atoms with E-state index in [9.17, 15) is 28.8 Å². The molecule has 1 aliphatic heterocycles. The number of fused-ring (bicyclic) bond motifs is 3. The van der Waals surface area contributed by atoms with E-state index in [1.807, 2.05) is 0 Å². The van der Waals surface area contributed by atoms with E-state index < -0.39 is 32.8 Å². The second-order valence-electron chi connectivity index (χ2n) is 4.18. The van der Waals surface area contributed by atoms with Crippen molar-refractivity contribution in [1.82, 2.24) is 0 Å². The first-order valence-corrected chi connectivity index (χ1v) is 6.68. The molecule has 1 heterocycles. The van der Waals surface area contributed by atoms with Crippen molar-refractivity contribution in [1.29, 1.82) is 0 Å². The lowest BCUT2D eigenvalue weighted by atomic mass is 10.0. The van der Waals surface area contributed by atoms with Crippen LogP contribution in [0.25, 0.3) is 11.1 Å². The summed E-state index contributed by atoms with van der Waals surface area (Å²) in [7, 11) is -3.89. The largest absolute Gasteiger partial charge is 0.504 e. The minimum Gasteiger partial charge on any atom is -0.504 e. The van der Waals surface area contributed by atoms with E-state index in [1.165, 1.54) is 0 Å². The van der Waals surface area contributed by atoms with Crippen LogP contribution in [0, 0.1) is 0 Å². The Bertz CT molecular complexity index is 759. The van der Waals surface area contributed by atoms with E-state index in [0.717, 1.165) is 24.3 Å². The van der Waals surface area contributed by atoms with Gasteiger partial charge >= 0.3 is 0 Å². The Morgan fingerprint density at radius 1 is 0.632 bits per heavy atom. The van der Waals surface area contributed by atoms with Crippen molar-refractivity contribution in [2.24, 2.45) is 0 Å². The predicted octanol–water partition coefficient (Wildman–Crippen LogP) is 1.32. The summed E-state index contributed by atoms with van der Waals surface area (Å²) >= 11 is 0. The molecule has 0 saturated heterocycles. The molecule has 0 bridgehead atoms. The average molecular weight is 280 g/mol. The Labute approximate surface area is 107 Å². The third kappa shape index (κ3) is 1.39. The standard InChI is InChI=1S/C12H8O6S/c13-7-1-5-6-2-8(14)10(16)4-12(6)19(17,18)11(5)3-9(7)15/h1-4,13-16H. The molecule has 4 N–H and O–H groups in total. The van der Waals surface area contributed by atoms with Gasteiger partial charge in [0.25, 0.3) is 0 Å². The molecule has 0 aliphatic carbocycles. The van der Waals surface area contributed by atoms with Gasteiger partial charge in [0.05, 0.1) is 9.79 Å². The maximum absolute atomic E-state index is 12.2. The summed E-state index contributed by atoms with van der Waals surface area (Å²) in [5.74, 6) is -2.03. The van der Waals surface area contributed by atoms with Gasteiger partial charge in [-0.1, -0.05) is 0 Å². The van der Waals surface area contributed by atoms with Crippen LogP contribution in [-0.2, 0) is 9.84 Å². The maximum Gasteiger partial charge on any atom is 0.208 e. The molecule has 0 spiro atoms. The quantitative estimate of drug-likeness (QED) is 0.462. The van der Waals surface area contributed by atoms with Crippen LogP contribution in [-0.4, -0.2) is 28.8 Å².